The molecule has 0 radical (unpaired) electrons. The van der Waals surface area contributed by atoms with Gasteiger partial charge in [-0.1, -0.05) is 32.9 Å². The Hall–Kier alpha value is -2.59. The zero-order chi connectivity index (χ0) is 26.2. The van der Waals surface area contributed by atoms with Crippen molar-refractivity contribution in [3.05, 3.63) is 53.3 Å². The molecule has 0 fully saturated rings. The molecule has 0 saturated carbocycles. The van der Waals surface area contributed by atoms with Crippen molar-refractivity contribution in [1.29, 1.82) is 0 Å². The summed E-state index contributed by atoms with van der Waals surface area (Å²) in [6.45, 7) is 11.5. The number of ether oxygens (including phenoxy) is 4. The van der Waals surface area contributed by atoms with E-state index in [1.807, 2.05) is 49.0 Å². The molecule has 0 saturated heterocycles. The van der Waals surface area contributed by atoms with Crippen LogP contribution in [0.1, 0.15) is 55.2 Å². The summed E-state index contributed by atoms with van der Waals surface area (Å²) in [5.41, 5.74) is 2.91. The van der Waals surface area contributed by atoms with E-state index in [4.69, 9.17) is 18.9 Å². The molecule has 9 nitrogen and oxygen atoms in total. The molecule has 0 spiro atoms. The fourth-order valence-electron chi connectivity index (χ4n) is 3.18. The second kappa shape index (κ2) is 17.0. The fourth-order valence-corrected chi connectivity index (χ4v) is 3.18. The third-order valence-corrected chi connectivity index (χ3v) is 5.65. The summed E-state index contributed by atoms with van der Waals surface area (Å²) in [6, 6.07) is 7.69. The van der Waals surface area contributed by atoms with Crippen LogP contribution in [0.2, 0.25) is 0 Å². The van der Waals surface area contributed by atoms with Crippen molar-refractivity contribution in [3.8, 4) is 0 Å². The lowest BCUT2D eigenvalue weighted by Gasteiger charge is -2.13. The van der Waals surface area contributed by atoms with E-state index in [0.29, 0.717) is 58.4 Å². The standard InChI is InChI=1S/C27H41N3O6/c1-5-23-18-29-30(19-23)22(4)24-6-8-25(9-7-24)27(32)28-10-11-33-12-13-34-14-15-35-16-17-36-20-26(31)21(2)3/h6-9,18-19,21-22H,5,10-17,20H2,1-4H3,(H,28,32). The first-order chi connectivity index (χ1) is 17.4. The van der Waals surface area contributed by atoms with E-state index in [1.54, 1.807) is 0 Å². The predicted molar refractivity (Wildman–Crippen MR) is 137 cm³/mol. The highest BCUT2D eigenvalue weighted by atomic mass is 16.6. The van der Waals surface area contributed by atoms with E-state index < -0.39 is 0 Å². The number of ketones is 1. The first-order valence-electron chi connectivity index (χ1n) is 12.7. The maximum absolute atomic E-state index is 12.4. The van der Waals surface area contributed by atoms with E-state index in [0.717, 1.165) is 12.0 Å². The number of rotatable bonds is 19. The average Bonchev–Trinajstić information content (AvgIpc) is 3.37. The van der Waals surface area contributed by atoms with Gasteiger partial charge in [-0.2, -0.15) is 5.10 Å². The molecule has 2 aromatic rings. The number of nitrogens with zero attached hydrogens (tertiary/aromatic N) is 2. The number of Topliss-reactive ketones (excluding diaryl/α,β-unsaturated/α-hetero) is 1. The summed E-state index contributed by atoms with van der Waals surface area (Å²) in [5, 5.41) is 7.29. The van der Waals surface area contributed by atoms with Crippen LogP contribution in [0.4, 0.5) is 0 Å². The molecule has 1 atom stereocenters. The third kappa shape index (κ3) is 11.0. The van der Waals surface area contributed by atoms with E-state index >= 15 is 0 Å². The summed E-state index contributed by atoms with van der Waals surface area (Å²) >= 11 is 0. The van der Waals surface area contributed by atoms with Gasteiger partial charge in [-0.15, -0.1) is 0 Å². The van der Waals surface area contributed by atoms with Crippen LogP contribution in [-0.2, 0) is 30.2 Å². The smallest absolute Gasteiger partial charge is 0.251 e. The molecule has 36 heavy (non-hydrogen) atoms. The summed E-state index contributed by atoms with van der Waals surface area (Å²) in [7, 11) is 0. The van der Waals surface area contributed by atoms with Gasteiger partial charge in [0.2, 0.25) is 0 Å². The van der Waals surface area contributed by atoms with Crippen LogP contribution in [-0.4, -0.2) is 80.9 Å². The van der Waals surface area contributed by atoms with Crippen molar-refractivity contribution < 1.29 is 28.5 Å². The molecular formula is C27H41N3O6. The van der Waals surface area contributed by atoms with Gasteiger partial charge >= 0.3 is 0 Å². The molecule has 2 rings (SSSR count). The minimum atomic E-state index is -0.129. The van der Waals surface area contributed by atoms with Gasteiger partial charge in [0.15, 0.2) is 5.78 Å². The van der Waals surface area contributed by atoms with E-state index in [-0.39, 0.29) is 30.3 Å². The summed E-state index contributed by atoms with van der Waals surface area (Å²) in [4.78, 5) is 23.8. The molecule has 1 N–H and O–H groups in total. The second-order valence-electron chi connectivity index (χ2n) is 8.75. The molecule has 0 aliphatic heterocycles. The Kier molecular flexibility index (Phi) is 14.0. The largest absolute Gasteiger partial charge is 0.377 e. The molecular weight excluding hydrogens is 462 g/mol. The molecule has 1 aromatic heterocycles. The zero-order valence-corrected chi connectivity index (χ0v) is 22.0. The van der Waals surface area contributed by atoms with Crippen molar-refractivity contribution in [2.45, 2.75) is 40.2 Å². The SMILES string of the molecule is CCc1cnn(C(C)c2ccc(C(=O)NCCOCCOCCOCCOCC(=O)C(C)C)cc2)c1. The fraction of sp³-hybridized carbons (Fsp3) is 0.593. The van der Waals surface area contributed by atoms with Crippen LogP contribution in [0.5, 0.6) is 0 Å². The van der Waals surface area contributed by atoms with Crippen LogP contribution in [0.25, 0.3) is 0 Å². The van der Waals surface area contributed by atoms with Crippen molar-refractivity contribution in [2.75, 3.05) is 59.4 Å². The maximum atomic E-state index is 12.4. The molecule has 1 amide bonds. The topological polar surface area (TPSA) is 101 Å². The van der Waals surface area contributed by atoms with Gasteiger partial charge in [-0.25, -0.2) is 0 Å². The molecule has 1 heterocycles. The molecule has 0 bridgehead atoms. The number of hydrogen-bond donors (Lipinski definition) is 1. The zero-order valence-electron chi connectivity index (χ0n) is 22.0. The monoisotopic (exact) mass is 503 g/mol. The third-order valence-electron chi connectivity index (χ3n) is 5.65. The van der Waals surface area contributed by atoms with Crippen molar-refractivity contribution >= 4 is 11.7 Å². The van der Waals surface area contributed by atoms with Crippen LogP contribution in [0, 0.1) is 5.92 Å². The van der Waals surface area contributed by atoms with E-state index in [2.05, 4.69) is 30.5 Å². The maximum Gasteiger partial charge on any atom is 0.251 e. The predicted octanol–water partition coefficient (Wildman–Crippen LogP) is 3.08. The summed E-state index contributed by atoms with van der Waals surface area (Å²) in [6.07, 6.45) is 4.90. The van der Waals surface area contributed by atoms with Crippen molar-refractivity contribution in [3.63, 3.8) is 0 Å². The Morgan fingerprint density at radius 2 is 1.47 bits per heavy atom. The first-order valence-corrected chi connectivity index (χ1v) is 12.7. The number of aromatic nitrogens is 2. The molecule has 0 aliphatic rings. The lowest BCUT2D eigenvalue weighted by molar-refractivity contribution is -0.127. The highest BCUT2D eigenvalue weighted by Crippen LogP contribution is 2.18. The number of hydrogen-bond acceptors (Lipinski definition) is 7. The Morgan fingerprint density at radius 1 is 0.889 bits per heavy atom. The number of benzene rings is 1. The molecule has 0 aliphatic carbocycles. The van der Waals surface area contributed by atoms with Crippen molar-refractivity contribution in [1.82, 2.24) is 15.1 Å². The molecule has 1 unspecified atom stereocenters. The Bertz CT molecular complexity index is 897. The molecule has 200 valence electrons. The average molecular weight is 504 g/mol. The normalized spacial score (nSPS) is 12.1. The lowest BCUT2D eigenvalue weighted by Crippen LogP contribution is -2.27. The quantitative estimate of drug-likeness (QED) is 0.294. The van der Waals surface area contributed by atoms with Crippen LogP contribution < -0.4 is 5.32 Å². The lowest BCUT2D eigenvalue weighted by atomic mass is 10.1. The highest BCUT2D eigenvalue weighted by molar-refractivity contribution is 5.94. The van der Waals surface area contributed by atoms with Gasteiger partial charge in [-0.05, 0) is 36.6 Å². The Labute approximate surface area is 214 Å². The van der Waals surface area contributed by atoms with Gasteiger partial charge < -0.3 is 24.3 Å². The Morgan fingerprint density at radius 3 is 2.03 bits per heavy atom. The number of carbonyl (C=O) groups is 2. The van der Waals surface area contributed by atoms with Crippen LogP contribution in [0.15, 0.2) is 36.7 Å². The van der Waals surface area contributed by atoms with E-state index in [1.165, 1.54) is 5.56 Å². The number of amides is 1. The molecule has 1 aromatic carbocycles. The van der Waals surface area contributed by atoms with Crippen molar-refractivity contribution in [2.24, 2.45) is 5.92 Å². The van der Waals surface area contributed by atoms with E-state index in [9.17, 15) is 9.59 Å². The summed E-state index contributed by atoms with van der Waals surface area (Å²) < 4.78 is 23.5. The van der Waals surface area contributed by atoms with Crippen LogP contribution >= 0.6 is 0 Å². The van der Waals surface area contributed by atoms with Gasteiger partial charge in [0.25, 0.3) is 5.91 Å². The van der Waals surface area contributed by atoms with Gasteiger partial charge in [0.05, 0.1) is 58.5 Å². The number of aryl methyl sites for hydroxylation is 1. The molecule has 9 heteroatoms. The van der Waals surface area contributed by atoms with Crippen LogP contribution in [0.3, 0.4) is 0 Å². The number of nitrogens with one attached hydrogen (secondary N) is 1. The van der Waals surface area contributed by atoms with Gasteiger partial charge in [0, 0.05) is 24.2 Å². The highest BCUT2D eigenvalue weighted by Gasteiger charge is 2.11. The second-order valence-corrected chi connectivity index (χ2v) is 8.75. The summed E-state index contributed by atoms with van der Waals surface area (Å²) in [5.74, 6) is -0.0440. The Balaban J connectivity index is 1.47. The first kappa shape index (κ1) is 29.6. The minimum Gasteiger partial charge on any atom is -0.377 e. The number of carbonyl (C=O) groups excluding carboxylic acids is 2. The van der Waals surface area contributed by atoms with Gasteiger partial charge in [0.1, 0.15) is 6.61 Å². The minimum absolute atomic E-state index is 0.00703. The van der Waals surface area contributed by atoms with Gasteiger partial charge in [-0.3, -0.25) is 14.3 Å².